The second kappa shape index (κ2) is 10.2. The maximum Gasteiger partial charge on any atom is 0.245 e. The van der Waals surface area contributed by atoms with Crippen molar-refractivity contribution in [3.8, 4) is 0 Å². The standard InChI is InChI=1S/C24H27ClF2N2O2/c1-15(2)23(28-22(30)13-16-3-6-19(26)7-4-16)24(31)29-11-9-17(10-12-29)18-5-8-20(25)21(27)14-18/h3-8,14-15,17,23H,9-13H2,1-2H3,(H,28,30)/t23-/m1/s1. The van der Waals surface area contributed by atoms with Crippen LogP contribution in [0.5, 0.6) is 0 Å². The van der Waals surface area contributed by atoms with Crippen molar-refractivity contribution in [3.05, 3.63) is 70.2 Å². The summed E-state index contributed by atoms with van der Waals surface area (Å²) in [5.74, 6) is -1.08. The molecule has 1 aliphatic rings. The number of nitrogens with one attached hydrogen (secondary N) is 1. The van der Waals surface area contributed by atoms with Crippen molar-refractivity contribution in [1.29, 1.82) is 0 Å². The van der Waals surface area contributed by atoms with Gasteiger partial charge in [0.2, 0.25) is 11.8 Å². The first-order valence-corrected chi connectivity index (χ1v) is 10.9. The third kappa shape index (κ3) is 6.03. The highest BCUT2D eigenvalue weighted by Crippen LogP contribution is 2.30. The highest BCUT2D eigenvalue weighted by atomic mass is 35.5. The summed E-state index contributed by atoms with van der Waals surface area (Å²) in [6, 6.07) is 9.98. The van der Waals surface area contributed by atoms with E-state index in [9.17, 15) is 18.4 Å². The lowest BCUT2D eigenvalue weighted by Crippen LogP contribution is -2.53. The predicted molar refractivity (Wildman–Crippen MR) is 117 cm³/mol. The first-order chi connectivity index (χ1) is 14.7. The van der Waals surface area contributed by atoms with E-state index in [0.29, 0.717) is 18.7 Å². The van der Waals surface area contributed by atoms with Crippen molar-refractivity contribution in [2.45, 2.75) is 45.1 Å². The average Bonchev–Trinajstić information content (AvgIpc) is 2.75. The van der Waals surface area contributed by atoms with E-state index in [1.165, 1.54) is 18.2 Å². The van der Waals surface area contributed by atoms with Crippen LogP contribution >= 0.6 is 11.6 Å². The van der Waals surface area contributed by atoms with Gasteiger partial charge in [0.1, 0.15) is 17.7 Å². The van der Waals surface area contributed by atoms with E-state index in [2.05, 4.69) is 5.32 Å². The monoisotopic (exact) mass is 448 g/mol. The Labute approximate surface area is 186 Å². The molecule has 0 aliphatic carbocycles. The largest absolute Gasteiger partial charge is 0.344 e. The maximum atomic E-state index is 13.8. The first-order valence-electron chi connectivity index (χ1n) is 10.5. The van der Waals surface area contributed by atoms with Crippen molar-refractivity contribution in [3.63, 3.8) is 0 Å². The minimum atomic E-state index is -0.627. The lowest BCUT2D eigenvalue weighted by molar-refractivity contribution is -0.138. The zero-order valence-corrected chi connectivity index (χ0v) is 18.5. The molecule has 31 heavy (non-hydrogen) atoms. The number of hydrogen-bond acceptors (Lipinski definition) is 2. The third-order valence-electron chi connectivity index (χ3n) is 5.75. The molecule has 1 atom stereocenters. The number of carbonyl (C=O) groups is 2. The van der Waals surface area contributed by atoms with Crippen LogP contribution in [0, 0.1) is 17.6 Å². The summed E-state index contributed by atoms with van der Waals surface area (Å²) in [5.41, 5.74) is 1.58. The maximum absolute atomic E-state index is 13.8. The topological polar surface area (TPSA) is 49.4 Å². The molecule has 1 N–H and O–H groups in total. The lowest BCUT2D eigenvalue weighted by Gasteiger charge is -2.35. The molecule has 0 radical (unpaired) electrons. The molecule has 1 heterocycles. The Hall–Kier alpha value is -2.47. The van der Waals surface area contributed by atoms with Crippen LogP contribution in [0.3, 0.4) is 0 Å². The van der Waals surface area contributed by atoms with Gasteiger partial charge >= 0.3 is 0 Å². The van der Waals surface area contributed by atoms with E-state index in [1.807, 2.05) is 19.9 Å². The molecule has 0 bridgehead atoms. The Morgan fingerprint density at radius 1 is 1.10 bits per heavy atom. The molecule has 1 saturated heterocycles. The summed E-state index contributed by atoms with van der Waals surface area (Å²) in [5, 5.41) is 2.95. The molecule has 7 heteroatoms. The fraction of sp³-hybridized carbons (Fsp3) is 0.417. The van der Waals surface area contributed by atoms with Crippen LogP contribution in [0.2, 0.25) is 5.02 Å². The number of piperidine rings is 1. The van der Waals surface area contributed by atoms with Crippen molar-refractivity contribution < 1.29 is 18.4 Å². The fourth-order valence-corrected chi connectivity index (χ4v) is 4.04. The van der Waals surface area contributed by atoms with Gasteiger partial charge in [-0.2, -0.15) is 0 Å². The number of halogens is 3. The van der Waals surface area contributed by atoms with Gasteiger partial charge < -0.3 is 10.2 Å². The molecule has 1 aliphatic heterocycles. The number of carbonyl (C=O) groups excluding carboxylic acids is 2. The van der Waals surface area contributed by atoms with E-state index < -0.39 is 11.9 Å². The van der Waals surface area contributed by atoms with Gasteiger partial charge in [-0.15, -0.1) is 0 Å². The van der Waals surface area contributed by atoms with E-state index in [4.69, 9.17) is 11.6 Å². The van der Waals surface area contributed by atoms with Gasteiger partial charge in [0.15, 0.2) is 0 Å². The van der Waals surface area contributed by atoms with Crippen LogP contribution in [-0.2, 0) is 16.0 Å². The number of amides is 2. The van der Waals surface area contributed by atoms with Crippen molar-refractivity contribution >= 4 is 23.4 Å². The smallest absolute Gasteiger partial charge is 0.245 e. The molecular formula is C24H27ClF2N2O2. The molecular weight excluding hydrogens is 422 g/mol. The van der Waals surface area contributed by atoms with Crippen molar-refractivity contribution in [2.75, 3.05) is 13.1 Å². The summed E-state index contributed by atoms with van der Waals surface area (Å²) in [6.07, 6.45) is 1.53. The van der Waals surface area contributed by atoms with Crippen LogP contribution in [0.1, 0.15) is 43.7 Å². The number of nitrogens with zero attached hydrogens (tertiary/aromatic N) is 1. The van der Waals surface area contributed by atoms with E-state index in [-0.39, 0.29) is 40.9 Å². The highest BCUT2D eigenvalue weighted by molar-refractivity contribution is 6.30. The molecule has 3 rings (SSSR count). The average molecular weight is 449 g/mol. The number of likely N-dealkylation sites (tertiary alicyclic amines) is 1. The summed E-state index contributed by atoms with van der Waals surface area (Å²) in [4.78, 5) is 27.3. The predicted octanol–water partition coefficient (Wildman–Crippen LogP) is 4.71. The van der Waals surface area contributed by atoms with E-state index in [1.54, 1.807) is 23.1 Å². The highest BCUT2D eigenvalue weighted by Gasteiger charge is 2.31. The summed E-state index contributed by atoms with van der Waals surface area (Å²) in [7, 11) is 0. The zero-order chi connectivity index (χ0) is 22.5. The van der Waals surface area contributed by atoms with Gasteiger partial charge in [-0.25, -0.2) is 8.78 Å². The Morgan fingerprint density at radius 2 is 1.74 bits per heavy atom. The molecule has 2 aromatic carbocycles. The van der Waals surface area contributed by atoms with Gasteiger partial charge in [-0.3, -0.25) is 9.59 Å². The molecule has 0 aromatic heterocycles. The fourth-order valence-electron chi connectivity index (χ4n) is 3.92. The molecule has 2 amide bonds. The Morgan fingerprint density at radius 3 is 2.32 bits per heavy atom. The van der Waals surface area contributed by atoms with Crippen LogP contribution in [-0.4, -0.2) is 35.8 Å². The summed E-state index contributed by atoms with van der Waals surface area (Å²) >= 11 is 5.77. The second-order valence-electron chi connectivity index (χ2n) is 8.37. The summed E-state index contributed by atoms with van der Waals surface area (Å²) in [6.45, 7) is 4.88. The quantitative estimate of drug-likeness (QED) is 0.695. The van der Waals surface area contributed by atoms with Gasteiger partial charge in [0.25, 0.3) is 0 Å². The SMILES string of the molecule is CC(C)[C@@H](NC(=O)Cc1ccc(F)cc1)C(=O)N1CCC(c2ccc(Cl)c(F)c2)CC1. The molecule has 1 fully saturated rings. The molecule has 2 aromatic rings. The van der Waals surface area contributed by atoms with Gasteiger partial charge in [-0.1, -0.05) is 43.6 Å². The van der Waals surface area contributed by atoms with Crippen LogP contribution < -0.4 is 5.32 Å². The molecule has 4 nitrogen and oxygen atoms in total. The van der Waals surface area contributed by atoms with Crippen LogP contribution in [0.15, 0.2) is 42.5 Å². The minimum absolute atomic E-state index is 0.0762. The lowest BCUT2D eigenvalue weighted by atomic mass is 9.89. The second-order valence-corrected chi connectivity index (χ2v) is 8.77. The van der Waals surface area contributed by atoms with Gasteiger partial charge in [0.05, 0.1) is 11.4 Å². The number of benzene rings is 2. The molecule has 0 unspecified atom stereocenters. The number of hydrogen-bond donors (Lipinski definition) is 1. The zero-order valence-electron chi connectivity index (χ0n) is 17.7. The number of rotatable bonds is 6. The molecule has 0 saturated carbocycles. The van der Waals surface area contributed by atoms with Gasteiger partial charge in [0, 0.05) is 13.1 Å². The van der Waals surface area contributed by atoms with Crippen LogP contribution in [0.4, 0.5) is 8.78 Å². The van der Waals surface area contributed by atoms with Gasteiger partial charge in [-0.05, 0) is 60.1 Å². The first kappa shape index (κ1) is 23.2. The van der Waals surface area contributed by atoms with Crippen molar-refractivity contribution in [1.82, 2.24) is 10.2 Å². The molecule has 166 valence electrons. The summed E-state index contributed by atoms with van der Waals surface area (Å²) < 4.78 is 26.8. The Bertz CT molecular complexity index is 926. The Balaban J connectivity index is 1.58. The van der Waals surface area contributed by atoms with E-state index in [0.717, 1.165) is 18.4 Å². The van der Waals surface area contributed by atoms with Crippen molar-refractivity contribution in [2.24, 2.45) is 5.92 Å². The normalized spacial score (nSPS) is 15.7. The molecule has 0 spiro atoms. The Kier molecular flexibility index (Phi) is 7.65. The van der Waals surface area contributed by atoms with E-state index >= 15 is 0 Å². The van der Waals surface area contributed by atoms with Crippen LogP contribution in [0.25, 0.3) is 0 Å². The third-order valence-corrected chi connectivity index (χ3v) is 6.06. The minimum Gasteiger partial charge on any atom is -0.344 e.